The smallest absolute Gasteiger partial charge is 0.426 e. The highest BCUT2D eigenvalue weighted by Crippen LogP contribution is 2.32. The van der Waals surface area contributed by atoms with Gasteiger partial charge in [0.05, 0.1) is 5.56 Å². The molecule has 0 aliphatic rings. The molecule has 3 heteroatoms. The number of aryl methyl sites for hydroxylation is 2. The Bertz CT molecular complexity index is 805. The molecule has 0 unspecified atom stereocenters. The molecule has 0 atom stereocenters. The van der Waals surface area contributed by atoms with Gasteiger partial charge in [-0.15, -0.1) is 0 Å². The zero-order chi connectivity index (χ0) is 23.2. The van der Waals surface area contributed by atoms with Crippen LogP contribution in [-0.4, -0.2) is 0 Å². The summed E-state index contributed by atoms with van der Waals surface area (Å²) in [6.07, 6.45) is -3.36. The van der Waals surface area contributed by atoms with Crippen molar-refractivity contribution in [3.63, 3.8) is 0 Å². The Balaban J connectivity index is 0.00000129. The third-order valence-corrected chi connectivity index (χ3v) is 3.87. The van der Waals surface area contributed by atoms with Gasteiger partial charge in [0, 0.05) is 0 Å². The summed E-state index contributed by atoms with van der Waals surface area (Å²) in [5.74, 6) is 0.136. The number of alkyl halides is 2. The Labute approximate surface area is 181 Å². The fraction of sp³-hybridized carbons (Fsp3) is 0.333. The molecule has 0 aliphatic heterocycles. The maximum atomic E-state index is 14.2. The number of halogens is 2. The molecule has 0 amide bonds. The highest BCUT2D eigenvalue weighted by atomic mass is 19.3. The van der Waals surface area contributed by atoms with Gasteiger partial charge in [0.2, 0.25) is 0 Å². The second-order valence-corrected chi connectivity index (χ2v) is 5.88. The van der Waals surface area contributed by atoms with Gasteiger partial charge >= 0.3 is 6.11 Å². The highest BCUT2D eigenvalue weighted by molar-refractivity contribution is 5.64. The van der Waals surface area contributed by atoms with Crippen LogP contribution in [0.2, 0.25) is 0 Å². The zero-order valence-corrected chi connectivity index (χ0v) is 19.6. The molecule has 164 valence electrons. The molecule has 0 fully saturated rings. The van der Waals surface area contributed by atoms with E-state index < -0.39 is 6.11 Å². The minimum Gasteiger partial charge on any atom is -0.429 e. The topological polar surface area (TPSA) is 9.23 Å². The quantitative estimate of drug-likeness (QED) is 0.413. The zero-order valence-electron chi connectivity index (χ0n) is 19.6. The van der Waals surface area contributed by atoms with Gasteiger partial charge in [-0.3, -0.25) is 0 Å². The van der Waals surface area contributed by atoms with Gasteiger partial charge < -0.3 is 4.74 Å². The van der Waals surface area contributed by atoms with E-state index in [1.54, 1.807) is 36.4 Å². The van der Waals surface area contributed by atoms with Crippen LogP contribution < -0.4 is 4.74 Å². The van der Waals surface area contributed by atoms with Gasteiger partial charge in [0.25, 0.3) is 0 Å². The average molecular weight is 415 g/mol. The van der Waals surface area contributed by atoms with E-state index in [1.165, 1.54) is 17.7 Å². The number of hydrogen-bond donors (Lipinski definition) is 0. The van der Waals surface area contributed by atoms with Crippen LogP contribution in [0.1, 0.15) is 58.2 Å². The van der Waals surface area contributed by atoms with Crippen LogP contribution in [0.15, 0.2) is 72.8 Å². The van der Waals surface area contributed by atoms with E-state index in [4.69, 9.17) is 4.74 Å². The Kier molecular flexibility index (Phi) is 13.0. The standard InChI is InChI=1S/C21H18F2O.3C2H6/c1-15-3-7-17(8-4-15)18-9-13-20(14-10-18)24-21(22,23)19-11-5-16(2)6-12-19;3*1-2/h3-14H,1-2H3;3*1-2H3. The van der Waals surface area contributed by atoms with Crippen LogP contribution in [0, 0.1) is 13.8 Å². The van der Waals surface area contributed by atoms with Crippen LogP contribution in [0.3, 0.4) is 0 Å². The maximum absolute atomic E-state index is 14.2. The highest BCUT2D eigenvalue weighted by Gasteiger charge is 2.34. The summed E-state index contributed by atoms with van der Waals surface area (Å²) in [6.45, 7) is 15.9. The second kappa shape index (κ2) is 14.3. The maximum Gasteiger partial charge on any atom is 0.426 e. The summed E-state index contributed by atoms with van der Waals surface area (Å²) in [5, 5.41) is 0. The van der Waals surface area contributed by atoms with Crippen LogP contribution in [-0.2, 0) is 6.11 Å². The van der Waals surface area contributed by atoms with Crippen molar-refractivity contribution in [2.24, 2.45) is 0 Å². The van der Waals surface area contributed by atoms with Crippen LogP contribution in [0.4, 0.5) is 8.78 Å². The van der Waals surface area contributed by atoms with E-state index in [1.807, 2.05) is 79.7 Å². The molecule has 0 aromatic heterocycles. The van der Waals surface area contributed by atoms with Gasteiger partial charge in [-0.2, -0.15) is 8.78 Å². The molecular formula is C27H36F2O. The summed E-state index contributed by atoms with van der Waals surface area (Å²) in [5.41, 5.74) is 3.95. The molecule has 3 aromatic carbocycles. The fourth-order valence-electron chi connectivity index (χ4n) is 2.42. The van der Waals surface area contributed by atoms with Crippen molar-refractivity contribution in [3.8, 4) is 16.9 Å². The molecule has 3 rings (SSSR count). The minimum absolute atomic E-state index is 0.136. The lowest BCUT2D eigenvalue weighted by molar-refractivity contribution is -0.185. The summed E-state index contributed by atoms with van der Waals surface area (Å²) < 4.78 is 33.3. The van der Waals surface area contributed by atoms with Gasteiger partial charge in [-0.05, 0) is 49.2 Å². The number of ether oxygens (including phenoxy) is 1. The first-order valence-corrected chi connectivity index (χ1v) is 10.8. The first kappa shape index (κ1) is 27.3. The van der Waals surface area contributed by atoms with E-state index in [0.29, 0.717) is 0 Å². The molecule has 0 bridgehead atoms. The van der Waals surface area contributed by atoms with Crippen molar-refractivity contribution in [2.45, 2.75) is 61.5 Å². The van der Waals surface area contributed by atoms with E-state index in [-0.39, 0.29) is 11.3 Å². The van der Waals surface area contributed by atoms with Gasteiger partial charge in [-0.1, -0.05) is 101 Å². The average Bonchev–Trinajstić information content (AvgIpc) is 2.79. The fourth-order valence-corrected chi connectivity index (χ4v) is 2.42. The van der Waals surface area contributed by atoms with Crippen LogP contribution >= 0.6 is 0 Å². The van der Waals surface area contributed by atoms with Gasteiger partial charge in [0.15, 0.2) is 0 Å². The van der Waals surface area contributed by atoms with Crippen molar-refractivity contribution in [1.82, 2.24) is 0 Å². The van der Waals surface area contributed by atoms with Crippen molar-refractivity contribution in [1.29, 1.82) is 0 Å². The van der Waals surface area contributed by atoms with E-state index in [0.717, 1.165) is 16.7 Å². The Morgan fingerprint density at radius 3 is 1.27 bits per heavy atom. The summed E-state index contributed by atoms with van der Waals surface area (Å²) in [7, 11) is 0. The molecule has 1 nitrogen and oxygen atoms in total. The lowest BCUT2D eigenvalue weighted by atomic mass is 10.0. The molecule has 0 saturated carbocycles. The summed E-state index contributed by atoms with van der Waals surface area (Å²) in [6, 6.07) is 20.8. The predicted octanol–water partition coefficient (Wildman–Crippen LogP) is 9.18. The van der Waals surface area contributed by atoms with Crippen LogP contribution in [0.25, 0.3) is 11.1 Å². The molecule has 0 heterocycles. The predicted molar refractivity (Wildman–Crippen MR) is 126 cm³/mol. The van der Waals surface area contributed by atoms with E-state index in [9.17, 15) is 8.78 Å². The molecule has 0 spiro atoms. The van der Waals surface area contributed by atoms with Gasteiger partial charge in [0.1, 0.15) is 5.75 Å². The molecule has 0 N–H and O–H groups in total. The molecule has 30 heavy (non-hydrogen) atoms. The molecular weight excluding hydrogens is 378 g/mol. The number of hydrogen-bond acceptors (Lipinski definition) is 1. The van der Waals surface area contributed by atoms with Crippen molar-refractivity contribution >= 4 is 0 Å². The first-order valence-electron chi connectivity index (χ1n) is 10.8. The van der Waals surface area contributed by atoms with Crippen molar-refractivity contribution in [2.75, 3.05) is 0 Å². The number of rotatable bonds is 4. The largest absolute Gasteiger partial charge is 0.429 e. The summed E-state index contributed by atoms with van der Waals surface area (Å²) in [4.78, 5) is 0. The Morgan fingerprint density at radius 1 is 0.533 bits per heavy atom. The monoisotopic (exact) mass is 414 g/mol. The SMILES string of the molecule is CC.CC.CC.Cc1ccc(-c2ccc(OC(F)(F)c3ccc(C)cc3)cc2)cc1. The summed E-state index contributed by atoms with van der Waals surface area (Å²) >= 11 is 0. The second-order valence-electron chi connectivity index (χ2n) is 5.88. The molecule has 0 radical (unpaired) electrons. The number of benzene rings is 3. The Hall–Kier alpha value is -2.68. The van der Waals surface area contributed by atoms with Crippen molar-refractivity contribution < 1.29 is 13.5 Å². The molecule has 0 saturated heterocycles. The third-order valence-electron chi connectivity index (χ3n) is 3.87. The van der Waals surface area contributed by atoms with Gasteiger partial charge in [-0.25, -0.2) is 0 Å². The van der Waals surface area contributed by atoms with E-state index >= 15 is 0 Å². The van der Waals surface area contributed by atoms with Crippen molar-refractivity contribution in [3.05, 3.63) is 89.5 Å². The normalized spacial score (nSPS) is 9.67. The Morgan fingerprint density at radius 2 is 0.867 bits per heavy atom. The van der Waals surface area contributed by atoms with E-state index in [2.05, 4.69) is 0 Å². The van der Waals surface area contributed by atoms with Crippen LogP contribution in [0.5, 0.6) is 5.75 Å². The first-order chi connectivity index (χ1) is 14.4. The molecule has 3 aromatic rings. The lowest BCUT2D eigenvalue weighted by Gasteiger charge is -2.18. The lowest BCUT2D eigenvalue weighted by Crippen LogP contribution is -2.21. The molecule has 0 aliphatic carbocycles. The third kappa shape index (κ3) is 8.36. The minimum atomic E-state index is -3.36.